The first kappa shape index (κ1) is 24.3. The molecule has 0 saturated carbocycles. The Bertz CT molecular complexity index is 1330. The van der Waals surface area contributed by atoms with Gasteiger partial charge in [-0.25, -0.2) is 4.79 Å². The van der Waals surface area contributed by atoms with E-state index < -0.39 is 23.4 Å². The first-order chi connectivity index (χ1) is 17.2. The van der Waals surface area contributed by atoms with Crippen molar-refractivity contribution in [1.82, 2.24) is 9.88 Å². The number of halogens is 3. The first-order valence-corrected chi connectivity index (χ1v) is 11.8. The Kier molecular flexibility index (Phi) is 6.48. The van der Waals surface area contributed by atoms with Gasteiger partial charge in [0.2, 0.25) is 0 Å². The molecular weight excluding hydrogens is 475 g/mol. The van der Waals surface area contributed by atoms with E-state index in [1.54, 1.807) is 25.3 Å². The average Bonchev–Trinajstić information content (AvgIpc) is 3.23. The zero-order valence-electron chi connectivity index (χ0n) is 19.7. The summed E-state index contributed by atoms with van der Waals surface area (Å²) in [6, 6.07) is 11.5. The predicted molar refractivity (Wildman–Crippen MR) is 129 cm³/mol. The summed E-state index contributed by atoms with van der Waals surface area (Å²) in [6.07, 6.45) is -3.21. The second kappa shape index (κ2) is 9.59. The number of pyridine rings is 1. The Morgan fingerprint density at radius 1 is 1.08 bits per heavy atom. The lowest BCUT2D eigenvalue weighted by Gasteiger charge is -2.32. The number of carbonyl (C=O) groups is 1. The van der Waals surface area contributed by atoms with Gasteiger partial charge in [0.25, 0.3) is 5.56 Å². The van der Waals surface area contributed by atoms with Crippen molar-refractivity contribution >= 4 is 22.6 Å². The molecule has 5 rings (SSSR count). The molecule has 2 aliphatic heterocycles. The molecule has 2 fully saturated rings. The Morgan fingerprint density at radius 2 is 1.83 bits per heavy atom. The summed E-state index contributed by atoms with van der Waals surface area (Å²) in [6.45, 7) is 2.72. The number of rotatable bonds is 5. The van der Waals surface area contributed by atoms with Crippen molar-refractivity contribution in [3.63, 3.8) is 0 Å². The van der Waals surface area contributed by atoms with Crippen molar-refractivity contribution in [3.05, 3.63) is 64.4 Å². The van der Waals surface area contributed by atoms with E-state index in [-0.39, 0.29) is 28.9 Å². The maximum absolute atomic E-state index is 13.5. The number of anilines is 1. The summed E-state index contributed by atoms with van der Waals surface area (Å²) in [5, 5.41) is 0.748. The molecule has 0 radical (unpaired) electrons. The van der Waals surface area contributed by atoms with E-state index in [0.29, 0.717) is 24.2 Å². The Balaban J connectivity index is 1.37. The lowest BCUT2D eigenvalue weighted by Crippen LogP contribution is -2.41. The van der Waals surface area contributed by atoms with Crippen molar-refractivity contribution in [1.29, 1.82) is 0 Å². The molecular formula is C26H26F3N3O4. The number of likely N-dealkylation sites (tertiary alicyclic amines) is 1. The lowest BCUT2D eigenvalue weighted by atomic mass is 10.0. The molecule has 7 nitrogen and oxygen atoms in total. The fourth-order valence-electron chi connectivity index (χ4n) is 4.97. The van der Waals surface area contributed by atoms with Crippen LogP contribution in [0.5, 0.6) is 0 Å². The Morgan fingerprint density at radius 3 is 2.56 bits per heavy atom. The van der Waals surface area contributed by atoms with Crippen LogP contribution in [0.1, 0.15) is 18.4 Å². The van der Waals surface area contributed by atoms with Gasteiger partial charge in [-0.3, -0.25) is 14.6 Å². The van der Waals surface area contributed by atoms with Gasteiger partial charge in [-0.05, 0) is 42.5 Å². The van der Waals surface area contributed by atoms with E-state index in [1.807, 2.05) is 0 Å². The predicted octanol–water partition coefficient (Wildman–Crippen LogP) is 4.65. The fourth-order valence-corrected chi connectivity index (χ4v) is 4.97. The second-order valence-corrected chi connectivity index (χ2v) is 9.18. The second-order valence-electron chi connectivity index (χ2n) is 9.18. The van der Waals surface area contributed by atoms with E-state index in [2.05, 4.69) is 9.88 Å². The van der Waals surface area contributed by atoms with E-state index in [1.165, 1.54) is 29.2 Å². The lowest BCUT2D eigenvalue weighted by molar-refractivity contribution is -0.137. The van der Waals surface area contributed by atoms with Gasteiger partial charge in [0.1, 0.15) is 6.10 Å². The number of H-pyrrole nitrogens is 1. The molecule has 1 atom stereocenters. The third kappa shape index (κ3) is 4.83. The van der Waals surface area contributed by atoms with Crippen molar-refractivity contribution in [3.8, 4) is 11.3 Å². The average molecular weight is 502 g/mol. The number of piperidine rings is 1. The van der Waals surface area contributed by atoms with Crippen LogP contribution in [0.2, 0.25) is 0 Å². The molecule has 3 heterocycles. The smallest absolute Gasteiger partial charge is 0.417 e. The van der Waals surface area contributed by atoms with Crippen LogP contribution < -0.4 is 10.5 Å². The number of aromatic nitrogens is 1. The molecule has 1 amide bonds. The zero-order valence-corrected chi connectivity index (χ0v) is 19.7. The standard InChI is InChI=1S/C26H26F3N3O4/c1-35-18-8-10-31(11-9-18)14-19-15-32(25(34)36-19)17-7-6-16-12-23(30-24(33)21(16)13-17)20-4-2-3-5-22(20)26(27,28)29/h2-7,12-13,18-19H,8-11,14-15H2,1H3,(H,30,33)/t19-/m1/s1. The van der Waals surface area contributed by atoms with Crippen LogP contribution in [0.25, 0.3) is 22.0 Å². The number of hydrogen-bond acceptors (Lipinski definition) is 5. The maximum atomic E-state index is 13.5. The maximum Gasteiger partial charge on any atom is 0.417 e. The van der Waals surface area contributed by atoms with Gasteiger partial charge in [-0.15, -0.1) is 0 Å². The summed E-state index contributed by atoms with van der Waals surface area (Å²) in [5.74, 6) is 0. The third-order valence-corrected chi connectivity index (χ3v) is 6.87. The number of hydrogen-bond donors (Lipinski definition) is 1. The van der Waals surface area contributed by atoms with E-state index in [9.17, 15) is 22.8 Å². The number of aromatic amines is 1. The Labute approximate surface area is 205 Å². The fraction of sp³-hybridized carbons (Fsp3) is 0.385. The van der Waals surface area contributed by atoms with Crippen LogP contribution in [0.15, 0.2) is 53.3 Å². The largest absolute Gasteiger partial charge is 0.443 e. The summed E-state index contributed by atoms with van der Waals surface area (Å²) >= 11 is 0. The molecule has 10 heteroatoms. The summed E-state index contributed by atoms with van der Waals surface area (Å²) in [4.78, 5) is 31.8. The molecule has 2 saturated heterocycles. The van der Waals surface area contributed by atoms with Crippen molar-refractivity contribution < 1.29 is 27.4 Å². The number of benzene rings is 2. The molecule has 1 N–H and O–H groups in total. The molecule has 2 aromatic carbocycles. The summed E-state index contributed by atoms with van der Waals surface area (Å²) in [7, 11) is 1.72. The molecule has 3 aromatic rings. The topological polar surface area (TPSA) is 74.9 Å². The van der Waals surface area contributed by atoms with E-state index >= 15 is 0 Å². The number of alkyl halides is 3. The van der Waals surface area contributed by atoms with Crippen LogP contribution >= 0.6 is 0 Å². The number of fused-ring (bicyclic) bond motifs is 1. The van der Waals surface area contributed by atoms with Gasteiger partial charge in [0.05, 0.1) is 18.2 Å². The van der Waals surface area contributed by atoms with Crippen molar-refractivity contribution in [2.24, 2.45) is 0 Å². The minimum absolute atomic E-state index is 0.0751. The van der Waals surface area contributed by atoms with Gasteiger partial charge in [0, 0.05) is 49.1 Å². The number of amides is 1. The Hall–Kier alpha value is -3.37. The van der Waals surface area contributed by atoms with Gasteiger partial charge < -0.3 is 14.5 Å². The van der Waals surface area contributed by atoms with Gasteiger partial charge in [-0.2, -0.15) is 13.2 Å². The quantitative estimate of drug-likeness (QED) is 0.551. The zero-order chi connectivity index (χ0) is 25.4. The van der Waals surface area contributed by atoms with Crippen LogP contribution in [-0.4, -0.2) is 61.5 Å². The minimum Gasteiger partial charge on any atom is -0.443 e. The van der Waals surface area contributed by atoms with Crippen molar-refractivity contribution in [2.75, 3.05) is 38.2 Å². The van der Waals surface area contributed by atoms with Gasteiger partial charge >= 0.3 is 12.3 Å². The number of carbonyl (C=O) groups excluding carboxylic acids is 1. The molecule has 0 bridgehead atoms. The number of cyclic esters (lactones) is 1. The molecule has 0 unspecified atom stereocenters. The highest BCUT2D eigenvalue weighted by Crippen LogP contribution is 2.36. The summed E-state index contributed by atoms with van der Waals surface area (Å²) < 4.78 is 51.4. The minimum atomic E-state index is -4.56. The molecule has 0 spiro atoms. The molecule has 0 aliphatic carbocycles. The van der Waals surface area contributed by atoms with Gasteiger partial charge in [0.15, 0.2) is 0 Å². The van der Waals surface area contributed by atoms with Crippen molar-refractivity contribution in [2.45, 2.75) is 31.2 Å². The van der Waals surface area contributed by atoms with Crippen LogP contribution in [0.4, 0.5) is 23.7 Å². The van der Waals surface area contributed by atoms with Crippen LogP contribution in [0.3, 0.4) is 0 Å². The monoisotopic (exact) mass is 501 g/mol. The first-order valence-electron chi connectivity index (χ1n) is 11.8. The molecule has 2 aliphatic rings. The highest BCUT2D eigenvalue weighted by atomic mass is 19.4. The number of nitrogens with zero attached hydrogens (tertiary/aromatic N) is 2. The van der Waals surface area contributed by atoms with E-state index in [4.69, 9.17) is 9.47 Å². The number of nitrogens with one attached hydrogen (secondary N) is 1. The summed E-state index contributed by atoms with van der Waals surface area (Å²) in [5.41, 5.74) is -0.887. The molecule has 190 valence electrons. The third-order valence-electron chi connectivity index (χ3n) is 6.87. The number of methoxy groups -OCH3 is 1. The van der Waals surface area contributed by atoms with E-state index in [0.717, 1.165) is 32.0 Å². The number of ether oxygens (including phenoxy) is 2. The molecule has 1 aromatic heterocycles. The van der Waals surface area contributed by atoms with Gasteiger partial charge in [-0.1, -0.05) is 24.3 Å². The highest BCUT2D eigenvalue weighted by molar-refractivity contribution is 5.94. The SMILES string of the molecule is COC1CCN(C[C@@H]2CN(c3ccc4cc(-c5ccccc5C(F)(F)F)[nH]c(=O)c4c3)C(=O)O2)CC1. The van der Waals surface area contributed by atoms with Crippen LogP contribution in [-0.2, 0) is 15.7 Å². The highest BCUT2D eigenvalue weighted by Gasteiger charge is 2.35. The normalized spacial score (nSPS) is 19.7. The van der Waals surface area contributed by atoms with Crippen LogP contribution in [0, 0.1) is 0 Å². The molecule has 36 heavy (non-hydrogen) atoms.